The lowest BCUT2D eigenvalue weighted by molar-refractivity contribution is 0.0525. The van der Waals surface area contributed by atoms with Crippen molar-refractivity contribution in [3.8, 4) is 5.75 Å². The number of aliphatic hydroxyl groups is 1. The molecule has 2 unspecified atom stereocenters. The Morgan fingerprint density at radius 3 is 2.55 bits per heavy atom. The lowest BCUT2D eigenvalue weighted by atomic mass is 10.1. The maximum Gasteiger partial charge on any atom is 0.151 e. The molecule has 2 aromatic carbocycles. The first kappa shape index (κ1) is 22.4. The Balaban J connectivity index is 1.67. The zero-order valence-corrected chi connectivity index (χ0v) is 18.6. The Morgan fingerprint density at radius 2 is 1.93 bits per heavy atom. The number of benzene rings is 2. The third kappa shape index (κ3) is 6.59. The summed E-state index contributed by atoms with van der Waals surface area (Å²) in [7, 11) is -3.05. The summed E-state index contributed by atoms with van der Waals surface area (Å²) in [6, 6.07) is 12.7. The van der Waals surface area contributed by atoms with Crippen LogP contribution in [0.2, 0.25) is 10.0 Å². The zero-order valence-electron chi connectivity index (χ0n) is 16.2. The number of hydrogen-bond donors (Lipinski definition) is 1. The number of rotatable bonds is 8. The predicted molar refractivity (Wildman–Crippen MR) is 117 cm³/mol. The van der Waals surface area contributed by atoms with Gasteiger partial charge in [-0.15, -0.1) is 0 Å². The molecule has 3 rings (SSSR count). The molecule has 8 heteroatoms. The topological polar surface area (TPSA) is 66.8 Å². The summed E-state index contributed by atoms with van der Waals surface area (Å²) in [5.74, 6) is 0.938. The first-order valence-electron chi connectivity index (χ1n) is 9.48. The van der Waals surface area contributed by atoms with Crippen molar-refractivity contribution in [2.24, 2.45) is 0 Å². The van der Waals surface area contributed by atoms with Gasteiger partial charge in [-0.25, -0.2) is 8.42 Å². The molecule has 2 atom stereocenters. The standard InChI is InChI=1S/C21H25Cl2NO4S/c1-15-2-6-20(7-3-15)28-13-19(25)12-24(18-8-9-29(26,27)14-18)11-16-4-5-17(22)10-21(16)23/h2-7,10,18-19,25H,8-9,11-14H2,1H3. The zero-order chi connectivity index (χ0) is 21.0. The Labute approximate surface area is 182 Å². The molecule has 0 radical (unpaired) electrons. The molecule has 2 aromatic rings. The molecule has 1 aliphatic heterocycles. The van der Waals surface area contributed by atoms with E-state index in [9.17, 15) is 13.5 Å². The van der Waals surface area contributed by atoms with Gasteiger partial charge in [0.15, 0.2) is 9.84 Å². The summed E-state index contributed by atoms with van der Waals surface area (Å²) in [5.41, 5.74) is 1.97. The van der Waals surface area contributed by atoms with E-state index in [0.717, 1.165) is 11.1 Å². The molecule has 0 saturated carbocycles. The average Bonchev–Trinajstić information content (AvgIpc) is 3.02. The van der Waals surface area contributed by atoms with Gasteiger partial charge in [0.05, 0.1) is 11.5 Å². The highest BCUT2D eigenvalue weighted by Crippen LogP contribution is 2.26. The molecule has 0 aromatic heterocycles. The van der Waals surface area contributed by atoms with E-state index in [0.29, 0.717) is 28.8 Å². The Kier molecular flexibility index (Phi) is 7.46. The van der Waals surface area contributed by atoms with Crippen LogP contribution in [0.15, 0.2) is 42.5 Å². The number of hydrogen-bond acceptors (Lipinski definition) is 5. The molecule has 0 bridgehead atoms. The molecule has 5 nitrogen and oxygen atoms in total. The number of aryl methyl sites for hydroxylation is 1. The molecule has 1 saturated heterocycles. The summed E-state index contributed by atoms with van der Waals surface area (Å²) in [6.07, 6.45) is -0.232. The van der Waals surface area contributed by atoms with Crippen LogP contribution in [0.3, 0.4) is 0 Å². The van der Waals surface area contributed by atoms with Crippen LogP contribution in [-0.2, 0) is 16.4 Å². The highest BCUT2D eigenvalue weighted by Gasteiger charge is 2.33. The van der Waals surface area contributed by atoms with Crippen LogP contribution < -0.4 is 4.74 Å². The summed E-state index contributed by atoms with van der Waals surface area (Å²) in [6.45, 7) is 2.82. The third-order valence-electron chi connectivity index (χ3n) is 5.02. The predicted octanol–water partition coefficient (Wildman–Crippen LogP) is 3.73. The molecule has 0 aliphatic carbocycles. The highest BCUT2D eigenvalue weighted by molar-refractivity contribution is 7.91. The second-order valence-corrected chi connectivity index (χ2v) is 10.6. The van der Waals surface area contributed by atoms with Gasteiger partial charge in [-0.3, -0.25) is 4.90 Å². The smallest absolute Gasteiger partial charge is 0.151 e. The van der Waals surface area contributed by atoms with Crippen molar-refractivity contribution in [3.63, 3.8) is 0 Å². The molecule has 1 heterocycles. The average molecular weight is 458 g/mol. The quantitative estimate of drug-likeness (QED) is 0.653. The van der Waals surface area contributed by atoms with E-state index in [2.05, 4.69) is 0 Å². The fraction of sp³-hybridized carbons (Fsp3) is 0.429. The van der Waals surface area contributed by atoms with Gasteiger partial charge in [0.1, 0.15) is 18.5 Å². The number of sulfone groups is 1. The molecule has 29 heavy (non-hydrogen) atoms. The van der Waals surface area contributed by atoms with E-state index >= 15 is 0 Å². The molecule has 158 valence electrons. The number of halogens is 2. The van der Waals surface area contributed by atoms with Gasteiger partial charge in [-0.05, 0) is 43.2 Å². The minimum absolute atomic E-state index is 0.0871. The molecular weight excluding hydrogens is 433 g/mol. The number of ether oxygens (including phenoxy) is 1. The molecule has 1 N–H and O–H groups in total. The van der Waals surface area contributed by atoms with Crippen LogP contribution in [0.25, 0.3) is 0 Å². The van der Waals surface area contributed by atoms with E-state index in [-0.39, 0.29) is 30.7 Å². The number of aliphatic hydroxyl groups excluding tert-OH is 1. The lowest BCUT2D eigenvalue weighted by Crippen LogP contribution is -2.42. The summed E-state index contributed by atoms with van der Waals surface area (Å²) in [5, 5.41) is 11.6. The van der Waals surface area contributed by atoms with E-state index < -0.39 is 15.9 Å². The fourth-order valence-corrected chi connectivity index (χ4v) is 5.65. The van der Waals surface area contributed by atoms with Crippen molar-refractivity contribution in [3.05, 3.63) is 63.6 Å². The lowest BCUT2D eigenvalue weighted by Gasteiger charge is -2.30. The van der Waals surface area contributed by atoms with Crippen molar-refractivity contribution < 1.29 is 18.3 Å². The summed E-state index contributed by atoms with van der Waals surface area (Å²) in [4.78, 5) is 1.98. The van der Waals surface area contributed by atoms with Gasteiger partial charge in [-0.2, -0.15) is 0 Å². The molecule has 0 spiro atoms. The van der Waals surface area contributed by atoms with E-state index in [1.54, 1.807) is 12.1 Å². The van der Waals surface area contributed by atoms with Crippen LogP contribution in [-0.4, -0.2) is 55.2 Å². The maximum absolute atomic E-state index is 12.0. The van der Waals surface area contributed by atoms with Crippen LogP contribution in [0.4, 0.5) is 0 Å². The van der Waals surface area contributed by atoms with Crippen molar-refractivity contribution in [2.75, 3.05) is 24.7 Å². The summed E-state index contributed by atoms with van der Waals surface area (Å²) >= 11 is 12.3. The van der Waals surface area contributed by atoms with E-state index in [4.69, 9.17) is 27.9 Å². The van der Waals surface area contributed by atoms with Gasteiger partial charge in [0, 0.05) is 29.2 Å². The normalized spacial score (nSPS) is 19.4. The van der Waals surface area contributed by atoms with Gasteiger partial charge >= 0.3 is 0 Å². The Hall–Kier alpha value is -1.31. The van der Waals surface area contributed by atoms with Crippen molar-refractivity contribution in [2.45, 2.75) is 32.0 Å². The minimum Gasteiger partial charge on any atom is -0.491 e. The third-order valence-corrected chi connectivity index (χ3v) is 7.36. The maximum atomic E-state index is 12.0. The highest BCUT2D eigenvalue weighted by atomic mass is 35.5. The van der Waals surface area contributed by atoms with Gasteiger partial charge in [-0.1, -0.05) is 47.0 Å². The first-order valence-corrected chi connectivity index (χ1v) is 12.1. The largest absolute Gasteiger partial charge is 0.491 e. The van der Waals surface area contributed by atoms with Gasteiger partial charge in [0.25, 0.3) is 0 Å². The van der Waals surface area contributed by atoms with Crippen LogP contribution >= 0.6 is 23.2 Å². The van der Waals surface area contributed by atoms with Crippen LogP contribution in [0.1, 0.15) is 17.5 Å². The molecular formula is C21H25Cl2NO4S. The first-order chi connectivity index (χ1) is 13.7. The number of nitrogens with zero attached hydrogens (tertiary/aromatic N) is 1. The van der Waals surface area contributed by atoms with E-state index in [1.807, 2.05) is 42.2 Å². The molecule has 1 fully saturated rings. The SMILES string of the molecule is Cc1ccc(OCC(O)CN(Cc2ccc(Cl)cc2Cl)C2CCS(=O)(=O)C2)cc1. The Bertz CT molecular complexity index is 934. The van der Waals surface area contributed by atoms with E-state index in [1.165, 1.54) is 0 Å². The van der Waals surface area contributed by atoms with Gasteiger partial charge in [0.2, 0.25) is 0 Å². The second kappa shape index (κ2) is 9.67. The molecule has 0 amide bonds. The fourth-order valence-electron chi connectivity index (χ4n) is 3.43. The van der Waals surface area contributed by atoms with Crippen molar-refractivity contribution >= 4 is 33.0 Å². The van der Waals surface area contributed by atoms with Crippen LogP contribution in [0.5, 0.6) is 5.75 Å². The monoisotopic (exact) mass is 457 g/mol. The van der Waals surface area contributed by atoms with Crippen molar-refractivity contribution in [1.29, 1.82) is 0 Å². The molecule has 1 aliphatic rings. The van der Waals surface area contributed by atoms with Gasteiger partial charge < -0.3 is 9.84 Å². The van der Waals surface area contributed by atoms with Crippen LogP contribution in [0, 0.1) is 6.92 Å². The Morgan fingerprint density at radius 1 is 1.21 bits per heavy atom. The minimum atomic E-state index is -3.05. The summed E-state index contributed by atoms with van der Waals surface area (Å²) < 4.78 is 29.6. The van der Waals surface area contributed by atoms with Crippen molar-refractivity contribution in [1.82, 2.24) is 4.90 Å². The second-order valence-electron chi connectivity index (χ2n) is 7.50.